The second kappa shape index (κ2) is 9.37. The summed E-state index contributed by atoms with van der Waals surface area (Å²) in [5.41, 5.74) is -2.51. The lowest BCUT2D eigenvalue weighted by molar-refractivity contribution is -0.138. The fraction of sp³-hybridized carbons (Fsp3) is 0.429. The summed E-state index contributed by atoms with van der Waals surface area (Å²) in [4.78, 5) is 17.1. The van der Waals surface area contributed by atoms with Gasteiger partial charge in [0.2, 0.25) is 0 Å². The van der Waals surface area contributed by atoms with E-state index in [1.54, 1.807) is 0 Å². The SMILES string of the molecule is C[C@@H](C1CCN(C(=O)c2ncc(C(F)(F)F)cc2Cl)CC1)S(=O)(=O)c1cccc(C(F)(F)F)c1. The molecular weight excluding hydrogens is 510 g/mol. The molecule has 0 unspecified atom stereocenters. The van der Waals surface area contributed by atoms with Crippen molar-refractivity contribution in [3.05, 3.63) is 58.4 Å². The van der Waals surface area contributed by atoms with E-state index in [4.69, 9.17) is 11.6 Å². The number of likely N-dealkylation sites (tertiary alicyclic amines) is 1. The topological polar surface area (TPSA) is 67.3 Å². The Hall–Kier alpha value is -2.34. The van der Waals surface area contributed by atoms with E-state index in [-0.39, 0.29) is 31.6 Å². The number of carbonyl (C=O) groups is 1. The van der Waals surface area contributed by atoms with Crippen molar-refractivity contribution in [1.82, 2.24) is 9.88 Å². The van der Waals surface area contributed by atoms with Gasteiger partial charge in [-0.1, -0.05) is 17.7 Å². The van der Waals surface area contributed by atoms with E-state index in [1.165, 1.54) is 11.8 Å². The van der Waals surface area contributed by atoms with Crippen molar-refractivity contribution in [3.8, 4) is 0 Å². The van der Waals surface area contributed by atoms with Gasteiger partial charge in [-0.05, 0) is 49.9 Å². The van der Waals surface area contributed by atoms with Crippen molar-refractivity contribution in [2.45, 2.75) is 42.3 Å². The Bertz CT molecular complexity index is 1180. The van der Waals surface area contributed by atoms with E-state index in [1.807, 2.05) is 0 Å². The minimum absolute atomic E-state index is 0.0883. The third-order valence-corrected chi connectivity index (χ3v) is 8.40. The number of sulfone groups is 1. The standard InChI is InChI=1S/C21H19ClF6N2O3S/c1-12(34(32,33)16-4-2-3-14(9-16)20(23,24)25)13-5-7-30(8-6-13)19(31)18-17(22)10-15(11-29-18)21(26,27)28/h2-4,9-13H,5-8H2,1H3/t12-/m0/s1. The van der Waals surface area contributed by atoms with Crippen LogP contribution >= 0.6 is 11.6 Å². The first-order valence-electron chi connectivity index (χ1n) is 10.1. The van der Waals surface area contributed by atoms with Crippen molar-refractivity contribution < 1.29 is 39.6 Å². The van der Waals surface area contributed by atoms with E-state index in [0.29, 0.717) is 18.3 Å². The van der Waals surface area contributed by atoms with Gasteiger partial charge in [0.1, 0.15) is 5.69 Å². The summed E-state index contributed by atoms with van der Waals surface area (Å²) >= 11 is 5.83. The first-order chi connectivity index (χ1) is 15.6. The van der Waals surface area contributed by atoms with Crippen molar-refractivity contribution in [1.29, 1.82) is 0 Å². The number of amides is 1. The molecule has 0 radical (unpaired) electrons. The number of rotatable bonds is 4. The molecule has 13 heteroatoms. The number of hydrogen-bond acceptors (Lipinski definition) is 4. The average Bonchev–Trinajstić information content (AvgIpc) is 2.77. The van der Waals surface area contributed by atoms with Gasteiger partial charge in [-0.25, -0.2) is 13.4 Å². The quantitative estimate of drug-likeness (QED) is 0.492. The Balaban J connectivity index is 1.70. The van der Waals surface area contributed by atoms with Gasteiger partial charge in [0.25, 0.3) is 5.91 Å². The van der Waals surface area contributed by atoms with Gasteiger partial charge in [-0.15, -0.1) is 0 Å². The van der Waals surface area contributed by atoms with Crippen LogP contribution in [0.5, 0.6) is 0 Å². The summed E-state index contributed by atoms with van der Waals surface area (Å²) in [6.45, 7) is 1.59. The van der Waals surface area contributed by atoms with E-state index in [0.717, 1.165) is 18.2 Å². The minimum Gasteiger partial charge on any atom is -0.337 e. The summed E-state index contributed by atoms with van der Waals surface area (Å²) in [5, 5.41) is -1.47. The third kappa shape index (κ3) is 5.48. The number of piperidine rings is 1. The van der Waals surface area contributed by atoms with Gasteiger partial charge in [0.15, 0.2) is 9.84 Å². The third-order valence-electron chi connectivity index (χ3n) is 5.84. The van der Waals surface area contributed by atoms with Crippen molar-refractivity contribution in [2.75, 3.05) is 13.1 Å². The molecule has 2 heterocycles. The van der Waals surface area contributed by atoms with Crippen molar-refractivity contribution in [3.63, 3.8) is 0 Å². The van der Waals surface area contributed by atoms with Crippen LogP contribution in [0.2, 0.25) is 5.02 Å². The molecule has 2 aromatic rings. The number of alkyl halides is 6. The fourth-order valence-electron chi connectivity index (χ4n) is 3.79. The van der Waals surface area contributed by atoms with Crippen molar-refractivity contribution in [2.24, 2.45) is 5.92 Å². The van der Waals surface area contributed by atoms with Gasteiger partial charge >= 0.3 is 12.4 Å². The number of pyridine rings is 1. The molecule has 1 aromatic heterocycles. The highest BCUT2D eigenvalue weighted by Gasteiger charge is 2.37. The van der Waals surface area contributed by atoms with Gasteiger partial charge in [-0.3, -0.25) is 4.79 Å². The largest absolute Gasteiger partial charge is 0.417 e. The normalized spacial score (nSPS) is 17.0. The number of carbonyl (C=O) groups excluding carboxylic acids is 1. The summed E-state index contributed by atoms with van der Waals surface area (Å²) in [7, 11) is -4.08. The Kier molecular flexibility index (Phi) is 7.24. The number of halogens is 7. The van der Waals surface area contributed by atoms with Gasteiger partial charge in [0, 0.05) is 19.3 Å². The molecule has 0 bridgehead atoms. The van der Waals surface area contributed by atoms with Crippen LogP contribution in [0.15, 0.2) is 41.4 Å². The summed E-state index contributed by atoms with van der Waals surface area (Å²) < 4.78 is 103. The lowest BCUT2D eigenvalue weighted by atomic mass is 9.94. The van der Waals surface area contributed by atoms with Gasteiger partial charge in [-0.2, -0.15) is 26.3 Å². The Morgan fingerprint density at radius 1 is 1.06 bits per heavy atom. The lowest BCUT2D eigenvalue weighted by Crippen LogP contribution is -2.42. The van der Waals surface area contributed by atoms with Crippen molar-refractivity contribution >= 4 is 27.3 Å². The van der Waals surface area contributed by atoms with E-state index < -0.39 is 60.3 Å². The molecular formula is C21H19ClF6N2O3S. The predicted octanol–water partition coefficient (Wildman–Crippen LogP) is 5.49. The van der Waals surface area contributed by atoms with E-state index in [2.05, 4.69) is 4.98 Å². The number of aromatic nitrogens is 1. The second-order valence-corrected chi connectivity index (χ2v) is 10.7. The molecule has 34 heavy (non-hydrogen) atoms. The van der Waals surface area contributed by atoms with Crippen LogP contribution in [0, 0.1) is 5.92 Å². The molecule has 1 atom stereocenters. The molecule has 0 N–H and O–H groups in total. The first kappa shape index (κ1) is 26.3. The second-order valence-electron chi connectivity index (χ2n) is 7.96. The zero-order valence-electron chi connectivity index (χ0n) is 17.6. The zero-order valence-corrected chi connectivity index (χ0v) is 19.2. The van der Waals surface area contributed by atoms with Crippen LogP contribution < -0.4 is 0 Å². The van der Waals surface area contributed by atoms with Gasteiger partial charge < -0.3 is 4.90 Å². The highest BCUT2D eigenvalue weighted by atomic mass is 35.5. The van der Waals surface area contributed by atoms with Crippen LogP contribution in [-0.4, -0.2) is 42.5 Å². The number of hydrogen-bond donors (Lipinski definition) is 0. The molecule has 0 aliphatic carbocycles. The molecule has 1 aliphatic rings. The zero-order chi connectivity index (χ0) is 25.5. The first-order valence-corrected chi connectivity index (χ1v) is 12.0. The predicted molar refractivity (Wildman–Crippen MR) is 111 cm³/mol. The molecule has 0 spiro atoms. The minimum atomic E-state index is -4.69. The summed E-state index contributed by atoms with van der Waals surface area (Å²) in [6, 6.07) is 4.14. The lowest BCUT2D eigenvalue weighted by Gasteiger charge is -2.34. The Morgan fingerprint density at radius 2 is 1.65 bits per heavy atom. The number of benzene rings is 1. The Labute approximate surface area is 196 Å². The molecule has 1 aromatic carbocycles. The molecule has 3 rings (SSSR count). The molecule has 1 saturated heterocycles. The highest BCUT2D eigenvalue weighted by Crippen LogP contribution is 2.35. The molecule has 1 fully saturated rings. The molecule has 0 saturated carbocycles. The van der Waals surface area contributed by atoms with Gasteiger partial charge in [0.05, 0.1) is 26.3 Å². The maximum absolute atomic E-state index is 13.0. The maximum atomic E-state index is 13.0. The highest BCUT2D eigenvalue weighted by molar-refractivity contribution is 7.92. The van der Waals surface area contributed by atoms with E-state index in [9.17, 15) is 39.6 Å². The summed E-state index contributed by atoms with van der Waals surface area (Å²) in [6.07, 6.45) is -8.39. The fourth-order valence-corrected chi connectivity index (χ4v) is 5.80. The molecule has 186 valence electrons. The Morgan fingerprint density at radius 3 is 2.18 bits per heavy atom. The van der Waals surface area contributed by atoms with Crippen LogP contribution in [0.25, 0.3) is 0 Å². The van der Waals surface area contributed by atoms with Crippen LogP contribution in [-0.2, 0) is 22.2 Å². The smallest absolute Gasteiger partial charge is 0.337 e. The van der Waals surface area contributed by atoms with Crippen LogP contribution in [0.1, 0.15) is 41.4 Å². The van der Waals surface area contributed by atoms with Crippen LogP contribution in [0.3, 0.4) is 0 Å². The van der Waals surface area contributed by atoms with Crippen LogP contribution in [0.4, 0.5) is 26.3 Å². The summed E-state index contributed by atoms with van der Waals surface area (Å²) in [5.74, 6) is -1.13. The monoisotopic (exact) mass is 528 g/mol. The number of nitrogens with zero attached hydrogens (tertiary/aromatic N) is 2. The molecule has 1 amide bonds. The molecule has 5 nitrogen and oxygen atoms in total. The molecule has 1 aliphatic heterocycles. The average molecular weight is 529 g/mol. The van der Waals surface area contributed by atoms with E-state index >= 15 is 0 Å². The maximum Gasteiger partial charge on any atom is 0.417 e.